The molecule has 0 aliphatic carbocycles. The largest absolute Gasteiger partial charge is 0.295 e. The minimum Gasteiger partial charge on any atom is -0.282 e. The van der Waals surface area contributed by atoms with Gasteiger partial charge in [-0.05, 0) is 29.7 Å². The van der Waals surface area contributed by atoms with Gasteiger partial charge in [0.2, 0.25) is 0 Å². The molecule has 40 heavy (non-hydrogen) atoms. The van der Waals surface area contributed by atoms with Crippen molar-refractivity contribution in [1.82, 2.24) is 0 Å². The molecule has 0 fully saturated rings. The van der Waals surface area contributed by atoms with Crippen LogP contribution in [-0.4, -0.2) is 17.9 Å². The van der Waals surface area contributed by atoms with Crippen LogP contribution in [0.3, 0.4) is 0 Å². The van der Waals surface area contributed by atoms with Crippen LogP contribution in [0.1, 0.15) is 0 Å². The highest BCUT2D eigenvalue weighted by Gasteiger charge is 2.14. The van der Waals surface area contributed by atoms with Crippen LogP contribution in [0.25, 0.3) is 32.3 Å². The summed E-state index contributed by atoms with van der Waals surface area (Å²) in [7, 11) is 1.62. The minimum atomic E-state index is -4.15. The number of hydrogen-bond donors (Lipinski definition) is 1. The van der Waals surface area contributed by atoms with E-state index < -0.39 is 10.1 Å². The van der Waals surface area contributed by atoms with Crippen molar-refractivity contribution in [3.05, 3.63) is 126 Å². The fraction of sp³-hybridized carbons (Fsp3) is 0.100. The molecule has 0 saturated carbocycles. The predicted octanol–water partition coefficient (Wildman–Crippen LogP) is 4.15. The first-order chi connectivity index (χ1) is 19.0. The second-order valence-corrected chi connectivity index (χ2v) is 10.6. The summed E-state index contributed by atoms with van der Waals surface area (Å²) in [5.74, 6) is 0. The van der Waals surface area contributed by atoms with Gasteiger partial charge in [0.25, 0.3) is 15.8 Å². The van der Waals surface area contributed by atoms with Crippen molar-refractivity contribution in [2.75, 3.05) is 0 Å². The standard InChI is InChI=1S/C10H9N2O2.C10H9NO3S.C10H10N/c1-11-6-5-9-8(7-11)3-2-4-10(9)12(13)14;1-11-6-5-9-8(7-11)3-2-4-10(9)15(12,13)14;1-11-7-6-9-4-2-3-5-10(9)8-11/h2-7H,1H3;2-7H,1H3;2-8H,1H3/q+1;;+1/p+1. The van der Waals surface area contributed by atoms with Gasteiger partial charge in [-0.25, -0.2) is 13.7 Å². The van der Waals surface area contributed by atoms with Gasteiger partial charge in [0.1, 0.15) is 26.0 Å². The Morgan fingerprint density at radius 3 is 1.70 bits per heavy atom. The summed E-state index contributed by atoms with van der Waals surface area (Å²) in [4.78, 5) is 10.3. The van der Waals surface area contributed by atoms with E-state index in [4.69, 9.17) is 4.55 Å². The zero-order chi connectivity index (χ0) is 28.9. The Labute approximate surface area is 231 Å². The number of nitro benzene ring substituents is 1. The molecule has 0 radical (unpaired) electrons. The zero-order valence-corrected chi connectivity index (χ0v) is 23.1. The van der Waals surface area contributed by atoms with E-state index in [9.17, 15) is 18.5 Å². The summed E-state index contributed by atoms with van der Waals surface area (Å²) in [6.07, 6.45) is 11.4. The molecular formula is C30H29N4O5S+3. The second-order valence-electron chi connectivity index (χ2n) is 9.23. The van der Waals surface area contributed by atoms with E-state index in [0.29, 0.717) is 10.8 Å². The van der Waals surface area contributed by atoms with Crippen LogP contribution in [0, 0.1) is 10.1 Å². The molecule has 0 spiro atoms. The summed E-state index contributed by atoms with van der Waals surface area (Å²) < 4.78 is 36.9. The van der Waals surface area contributed by atoms with Gasteiger partial charge in [0, 0.05) is 40.4 Å². The molecule has 10 heteroatoms. The normalized spacial score (nSPS) is 10.9. The van der Waals surface area contributed by atoms with Crippen LogP contribution in [0.4, 0.5) is 5.69 Å². The molecule has 0 aliphatic rings. The monoisotopic (exact) mass is 557 g/mol. The van der Waals surface area contributed by atoms with Gasteiger partial charge >= 0.3 is 0 Å². The highest BCUT2D eigenvalue weighted by Crippen LogP contribution is 2.23. The third kappa shape index (κ3) is 6.79. The number of rotatable bonds is 2. The molecule has 0 atom stereocenters. The van der Waals surface area contributed by atoms with Crippen LogP contribution < -0.4 is 13.7 Å². The number of pyridine rings is 3. The minimum absolute atomic E-state index is 0.0550. The number of fused-ring (bicyclic) bond motifs is 3. The van der Waals surface area contributed by atoms with E-state index in [2.05, 4.69) is 47.3 Å². The maximum atomic E-state index is 11.1. The van der Waals surface area contributed by atoms with Gasteiger partial charge in [0.15, 0.2) is 37.2 Å². The van der Waals surface area contributed by atoms with Crippen LogP contribution in [0.2, 0.25) is 0 Å². The molecule has 9 nitrogen and oxygen atoms in total. The molecule has 0 unspecified atom stereocenters. The molecule has 1 N–H and O–H groups in total. The fourth-order valence-corrected chi connectivity index (χ4v) is 4.96. The first-order valence-corrected chi connectivity index (χ1v) is 13.7. The SMILES string of the molecule is C[n+]1ccc2c(S(=O)(=O)O)cccc2c1.C[n+]1ccc2c([N+](=O)[O-])cccc2c1.C[n+]1ccc2ccccc2c1. The Balaban J connectivity index is 0.000000140. The van der Waals surface area contributed by atoms with Crippen molar-refractivity contribution >= 4 is 48.1 Å². The fourth-order valence-electron chi connectivity index (χ4n) is 4.25. The molecule has 6 rings (SSSR count). The van der Waals surface area contributed by atoms with Crippen molar-refractivity contribution in [1.29, 1.82) is 0 Å². The lowest BCUT2D eigenvalue weighted by Crippen LogP contribution is -2.26. The second kappa shape index (κ2) is 11.9. The van der Waals surface area contributed by atoms with Crippen LogP contribution in [0.15, 0.2) is 121 Å². The van der Waals surface area contributed by atoms with E-state index in [-0.39, 0.29) is 15.5 Å². The molecule has 6 aromatic rings. The van der Waals surface area contributed by atoms with Gasteiger partial charge in [-0.15, -0.1) is 0 Å². The van der Waals surface area contributed by atoms with E-state index in [0.717, 1.165) is 10.8 Å². The third-order valence-corrected chi connectivity index (χ3v) is 7.07. The Hall–Kier alpha value is -4.80. The Bertz CT molecular complexity index is 1960. The third-order valence-electron chi connectivity index (χ3n) is 6.16. The molecule has 3 aromatic carbocycles. The van der Waals surface area contributed by atoms with Crippen molar-refractivity contribution < 1.29 is 31.6 Å². The lowest BCUT2D eigenvalue weighted by atomic mass is 10.1. The predicted molar refractivity (Wildman–Crippen MR) is 152 cm³/mol. The number of benzene rings is 3. The Kier molecular flexibility index (Phi) is 8.42. The van der Waals surface area contributed by atoms with Gasteiger partial charge in [-0.2, -0.15) is 8.42 Å². The summed E-state index contributed by atoms with van der Waals surface area (Å²) in [6, 6.07) is 23.8. The highest BCUT2D eigenvalue weighted by molar-refractivity contribution is 7.86. The number of aryl methyl sites for hydroxylation is 3. The lowest BCUT2D eigenvalue weighted by molar-refractivity contribution is -0.670. The quantitative estimate of drug-likeness (QED) is 0.149. The van der Waals surface area contributed by atoms with Gasteiger partial charge in [-0.3, -0.25) is 14.7 Å². The average molecular weight is 558 g/mol. The first-order valence-electron chi connectivity index (χ1n) is 12.2. The first kappa shape index (κ1) is 28.2. The van der Waals surface area contributed by atoms with Crippen molar-refractivity contribution in [3.63, 3.8) is 0 Å². The molecule has 0 amide bonds. The van der Waals surface area contributed by atoms with E-state index in [1.54, 1.807) is 48.9 Å². The summed E-state index contributed by atoms with van der Waals surface area (Å²) >= 11 is 0. The van der Waals surface area contributed by atoms with Crippen molar-refractivity contribution in [3.8, 4) is 0 Å². The average Bonchev–Trinajstić information content (AvgIpc) is 2.92. The molecule has 0 aliphatic heterocycles. The Morgan fingerprint density at radius 1 is 0.625 bits per heavy atom. The van der Waals surface area contributed by atoms with Gasteiger partial charge < -0.3 is 0 Å². The van der Waals surface area contributed by atoms with E-state index in [1.807, 2.05) is 42.5 Å². The maximum absolute atomic E-state index is 11.1. The molecule has 3 heterocycles. The number of nitro groups is 1. The molecular weight excluding hydrogens is 528 g/mol. The summed E-state index contributed by atoms with van der Waals surface area (Å²) in [6.45, 7) is 0. The van der Waals surface area contributed by atoms with Crippen LogP contribution in [-0.2, 0) is 31.3 Å². The highest BCUT2D eigenvalue weighted by atomic mass is 32.2. The maximum Gasteiger partial charge on any atom is 0.295 e. The van der Waals surface area contributed by atoms with E-state index >= 15 is 0 Å². The molecule has 202 valence electrons. The number of hydrogen-bond acceptors (Lipinski definition) is 4. The van der Waals surface area contributed by atoms with Crippen molar-refractivity contribution in [2.24, 2.45) is 21.1 Å². The van der Waals surface area contributed by atoms with Crippen LogP contribution >= 0.6 is 0 Å². The molecule has 3 aromatic heterocycles. The summed E-state index contributed by atoms with van der Waals surface area (Å²) in [5, 5.41) is 16.1. The number of nitrogens with zero attached hydrogens (tertiary/aromatic N) is 4. The van der Waals surface area contributed by atoms with E-state index in [1.165, 1.54) is 22.9 Å². The number of non-ortho nitro benzene ring substituents is 1. The van der Waals surface area contributed by atoms with Crippen molar-refractivity contribution in [2.45, 2.75) is 4.90 Å². The smallest absolute Gasteiger partial charge is 0.282 e. The van der Waals surface area contributed by atoms with Gasteiger partial charge in [0.05, 0.1) is 15.7 Å². The zero-order valence-electron chi connectivity index (χ0n) is 22.2. The van der Waals surface area contributed by atoms with Crippen LogP contribution in [0.5, 0.6) is 0 Å². The van der Waals surface area contributed by atoms with Gasteiger partial charge in [-0.1, -0.05) is 30.3 Å². The Morgan fingerprint density at radius 2 is 1.10 bits per heavy atom. The topological polar surface area (TPSA) is 109 Å². The molecule has 0 bridgehead atoms. The summed E-state index contributed by atoms with van der Waals surface area (Å²) in [5.41, 5.74) is 0.156. The number of aromatic nitrogens is 3. The lowest BCUT2D eigenvalue weighted by Gasteiger charge is -2.01. The molecule has 0 saturated heterocycles.